The molecule has 0 aliphatic carbocycles. The number of carbonyl (C=O) groups is 1. The number of rotatable bonds is 6. The molecule has 0 heterocycles. The summed E-state index contributed by atoms with van der Waals surface area (Å²) in [5, 5.41) is 10.0. The van der Waals surface area contributed by atoms with Gasteiger partial charge in [-0.25, -0.2) is 4.79 Å². The number of ether oxygens (including phenoxy) is 2. The lowest BCUT2D eigenvalue weighted by Crippen LogP contribution is -2.23. The van der Waals surface area contributed by atoms with E-state index in [9.17, 15) is 4.79 Å². The molecular weight excluding hydrogens is 470 g/mol. The molecule has 8 heteroatoms. The van der Waals surface area contributed by atoms with Crippen molar-refractivity contribution in [3.63, 3.8) is 0 Å². The Bertz CT molecular complexity index is 1360. The Hall–Kier alpha value is -3.94. The SMILES string of the molecule is COc1ccc(NC(=S)NN=Cc2c(OC(=O)c3ccc(Cl)cc3)ccc3ccccc23)cc1. The van der Waals surface area contributed by atoms with Crippen molar-refractivity contribution in [1.29, 1.82) is 0 Å². The van der Waals surface area contributed by atoms with Crippen LogP contribution in [0.4, 0.5) is 5.69 Å². The molecule has 0 aliphatic heterocycles. The van der Waals surface area contributed by atoms with Crippen molar-refractivity contribution in [3.05, 3.63) is 101 Å². The summed E-state index contributed by atoms with van der Waals surface area (Å²) in [4.78, 5) is 12.7. The van der Waals surface area contributed by atoms with Gasteiger partial charge in [0.1, 0.15) is 11.5 Å². The third-order valence-electron chi connectivity index (χ3n) is 4.92. The van der Waals surface area contributed by atoms with Gasteiger partial charge in [0.25, 0.3) is 0 Å². The van der Waals surface area contributed by atoms with Gasteiger partial charge in [0, 0.05) is 16.3 Å². The average molecular weight is 490 g/mol. The molecule has 4 aromatic rings. The first kappa shape index (κ1) is 23.2. The molecule has 170 valence electrons. The summed E-state index contributed by atoms with van der Waals surface area (Å²) in [5.41, 5.74) is 4.61. The fourth-order valence-corrected chi connectivity index (χ4v) is 3.53. The van der Waals surface area contributed by atoms with Gasteiger partial charge in [0.15, 0.2) is 5.11 Å². The molecule has 0 radical (unpaired) electrons. The predicted molar refractivity (Wildman–Crippen MR) is 140 cm³/mol. The molecule has 4 aromatic carbocycles. The molecule has 0 bridgehead atoms. The number of methoxy groups -OCH3 is 1. The van der Waals surface area contributed by atoms with Crippen molar-refractivity contribution in [1.82, 2.24) is 5.43 Å². The minimum absolute atomic E-state index is 0.307. The van der Waals surface area contributed by atoms with E-state index in [-0.39, 0.29) is 0 Å². The van der Waals surface area contributed by atoms with Crippen LogP contribution < -0.4 is 20.2 Å². The van der Waals surface area contributed by atoms with Crippen LogP contribution in [0, 0.1) is 0 Å². The highest BCUT2D eigenvalue weighted by molar-refractivity contribution is 7.80. The van der Waals surface area contributed by atoms with Gasteiger partial charge in [0.05, 0.1) is 18.9 Å². The van der Waals surface area contributed by atoms with Crippen molar-refractivity contribution < 1.29 is 14.3 Å². The maximum absolute atomic E-state index is 12.7. The van der Waals surface area contributed by atoms with E-state index >= 15 is 0 Å². The van der Waals surface area contributed by atoms with Crippen LogP contribution in [0.15, 0.2) is 90.0 Å². The van der Waals surface area contributed by atoms with Gasteiger partial charge in [-0.15, -0.1) is 0 Å². The van der Waals surface area contributed by atoms with Crippen molar-refractivity contribution in [3.8, 4) is 11.5 Å². The van der Waals surface area contributed by atoms with Crippen molar-refractivity contribution >= 4 is 57.6 Å². The summed E-state index contributed by atoms with van der Waals surface area (Å²) < 4.78 is 10.8. The largest absolute Gasteiger partial charge is 0.497 e. The van der Waals surface area contributed by atoms with E-state index in [1.54, 1.807) is 43.7 Å². The number of esters is 1. The second-order valence-corrected chi connectivity index (χ2v) is 7.99. The molecule has 34 heavy (non-hydrogen) atoms. The number of hydrogen-bond acceptors (Lipinski definition) is 5. The second kappa shape index (κ2) is 10.8. The predicted octanol–water partition coefficient (Wildman–Crippen LogP) is 6.04. The number of halogens is 1. The lowest BCUT2D eigenvalue weighted by Gasteiger charge is -2.11. The highest BCUT2D eigenvalue weighted by atomic mass is 35.5. The van der Waals surface area contributed by atoms with Gasteiger partial charge < -0.3 is 14.8 Å². The van der Waals surface area contributed by atoms with Crippen LogP contribution in [-0.4, -0.2) is 24.4 Å². The molecule has 0 aliphatic rings. The quantitative estimate of drug-likeness (QED) is 0.113. The highest BCUT2D eigenvalue weighted by Crippen LogP contribution is 2.27. The summed E-state index contributed by atoms with van der Waals surface area (Å²) in [7, 11) is 1.61. The second-order valence-electron chi connectivity index (χ2n) is 7.15. The summed E-state index contributed by atoms with van der Waals surface area (Å²) >= 11 is 11.2. The van der Waals surface area contributed by atoms with Crippen LogP contribution in [0.2, 0.25) is 5.02 Å². The average Bonchev–Trinajstić information content (AvgIpc) is 2.86. The number of nitrogens with zero attached hydrogens (tertiary/aromatic N) is 1. The van der Waals surface area contributed by atoms with Crippen LogP contribution in [0.25, 0.3) is 10.8 Å². The Kier molecular flexibility index (Phi) is 7.37. The Morgan fingerprint density at radius 2 is 1.71 bits per heavy atom. The highest BCUT2D eigenvalue weighted by Gasteiger charge is 2.13. The summed E-state index contributed by atoms with van der Waals surface area (Å²) in [6.07, 6.45) is 1.58. The Morgan fingerprint density at radius 1 is 0.971 bits per heavy atom. The fraction of sp³-hybridized carbons (Fsp3) is 0.0385. The van der Waals surface area contributed by atoms with Crippen molar-refractivity contribution in [2.45, 2.75) is 0 Å². The van der Waals surface area contributed by atoms with Gasteiger partial charge in [-0.3, -0.25) is 5.43 Å². The Balaban J connectivity index is 1.53. The molecule has 0 aromatic heterocycles. The first-order valence-corrected chi connectivity index (χ1v) is 11.1. The van der Waals surface area contributed by atoms with E-state index in [1.165, 1.54) is 0 Å². The van der Waals surface area contributed by atoms with E-state index in [1.807, 2.05) is 54.6 Å². The molecule has 0 amide bonds. The lowest BCUT2D eigenvalue weighted by molar-refractivity contribution is 0.0735. The minimum atomic E-state index is -0.494. The zero-order chi connectivity index (χ0) is 23.9. The zero-order valence-electron chi connectivity index (χ0n) is 18.1. The topological polar surface area (TPSA) is 71.9 Å². The fourth-order valence-electron chi connectivity index (χ4n) is 3.23. The number of nitrogens with one attached hydrogen (secondary N) is 2. The normalized spacial score (nSPS) is 10.8. The van der Waals surface area contributed by atoms with Crippen LogP contribution in [0.1, 0.15) is 15.9 Å². The molecule has 0 saturated heterocycles. The standard InChI is InChI=1S/C26H20ClN3O3S/c1-32-21-13-11-20(12-14-21)29-26(34)30-28-16-23-22-5-3-2-4-17(22)8-15-24(23)33-25(31)18-6-9-19(27)10-7-18/h2-16H,1H3,(H2,29,30,34). The monoisotopic (exact) mass is 489 g/mol. The van der Waals surface area contributed by atoms with Crippen LogP contribution in [-0.2, 0) is 0 Å². The Labute approximate surface area is 207 Å². The first-order chi connectivity index (χ1) is 16.5. The van der Waals surface area contributed by atoms with Crippen LogP contribution >= 0.6 is 23.8 Å². The van der Waals surface area contributed by atoms with E-state index in [4.69, 9.17) is 33.3 Å². The minimum Gasteiger partial charge on any atom is -0.497 e. The third kappa shape index (κ3) is 5.70. The molecule has 0 spiro atoms. The molecule has 0 fully saturated rings. The van der Waals surface area contributed by atoms with Crippen LogP contribution in [0.5, 0.6) is 11.5 Å². The van der Waals surface area contributed by atoms with E-state index in [0.29, 0.717) is 27.0 Å². The molecule has 0 unspecified atom stereocenters. The molecule has 0 saturated carbocycles. The lowest BCUT2D eigenvalue weighted by atomic mass is 10.0. The Morgan fingerprint density at radius 3 is 2.44 bits per heavy atom. The number of hydrogen-bond donors (Lipinski definition) is 2. The van der Waals surface area contributed by atoms with Crippen molar-refractivity contribution in [2.75, 3.05) is 12.4 Å². The zero-order valence-corrected chi connectivity index (χ0v) is 19.7. The third-order valence-corrected chi connectivity index (χ3v) is 5.37. The summed E-state index contributed by atoms with van der Waals surface area (Å²) in [5.74, 6) is 0.628. The van der Waals surface area contributed by atoms with Gasteiger partial charge in [-0.05, 0) is 77.6 Å². The van der Waals surface area contributed by atoms with Crippen molar-refractivity contribution in [2.24, 2.45) is 5.10 Å². The number of anilines is 1. The molecular formula is C26H20ClN3O3S. The van der Waals surface area contributed by atoms with E-state index < -0.39 is 5.97 Å². The smallest absolute Gasteiger partial charge is 0.343 e. The van der Waals surface area contributed by atoms with Crippen LogP contribution in [0.3, 0.4) is 0 Å². The number of carbonyl (C=O) groups excluding carboxylic acids is 1. The van der Waals surface area contributed by atoms with Gasteiger partial charge in [-0.2, -0.15) is 5.10 Å². The first-order valence-electron chi connectivity index (χ1n) is 10.3. The molecule has 6 nitrogen and oxygen atoms in total. The van der Waals surface area contributed by atoms with Gasteiger partial charge >= 0.3 is 5.97 Å². The summed E-state index contributed by atoms with van der Waals surface area (Å²) in [6, 6.07) is 25.2. The number of hydrazone groups is 1. The maximum Gasteiger partial charge on any atom is 0.343 e. The molecule has 4 rings (SSSR count). The van der Waals surface area contributed by atoms with Gasteiger partial charge in [0.2, 0.25) is 0 Å². The molecule has 2 N–H and O–H groups in total. The number of fused-ring (bicyclic) bond motifs is 1. The summed E-state index contributed by atoms with van der Waals surface area (Å²) in [6.45, 7) is 0. The van der Waals surface area contributed by atoms with E-state index in [0.717, 1.165) is 22.2 Å². The number of thiocarbonyl (C=S) groups is 1. The van der Waals surface area contributed by atoms with Gasteiger partial charge in [-0.1, -0.05) is 41.9 Å². The maximum atomic E-state index is 12.7. The van der Waals surface area contributed by atoms with E-state index in [2.05, 4.69) is 15.8 Å². The number of benzene rings is 4. The molecule has 0 atom stereocenters.